The van der Waals surface area contributed by atoms with Crippen LogP contribution in [0.4, 0.5) is 4.79 Å². The Morgan fingerprint density at radius 2 is 1.86 bits per heavy atom. The smallest absolute Gasteiger partial charge is 0.321 e. The van der Waals surface area contributed by atoms with Gasteiger partial charge in [-0.2, -0.15) is 0 Å². The van der Waals surface area contributed by atoms with Crippen LogP contribution in [-0.2, 0) is 14.8 Å². The average Bonchev–Trinajstić information content (AvgIpc) is 2.45. The zero-order chi connectivity index (χ0) is 16.9. The Bertz CT molecular complexity index is 500. The average molecular weight is 334 g/mol. The molecular formula is C13H26N4O4S. The van der Waals surface area contributed by atoms with Crippen molar-refractivity contribution in [2.75, 3.05) is 32.9 Å². The van der Waals surface area contributed by atoms with Gasteiger partial charge in [-0.3, -0.25) is 15.0 Å². The van der Waals surface area contributed by atoms with Gasteiger partial charge in [0.2, 0.25) is 15.9 Å². The minimum Gasteiger partial charge on any atom is -0.338 e. The molecule has 0 saturated carbocycles. The third-order valence-corrected chi connectivity index (χ3v) is 5.38. The molecule has 9 heteroatoms. The van der Waals surface area contributed by atoms with Crippen molar-refractivity contribution in [2.24, 2.45) is 0 Å². The number of hydrogen-bond acceptors (Lipinski definition) is 5. The van der Waals surface area contributed by atoms with Crippen LogP contribution in [0.25, 0.3) is 0 Å². The van der Waals surface area contributed by atoms with E-state index in [9.17, 15) is 18.0 Å². The highest BCUT2D eigenvalue weighted by Gasteiger charge is 2.31. The molecule has 1 heterocycles. The number of rotatable bonds is 5. The minimum atomic E-state index is -3.20. The number of likely N-dealkylation sites (tertiary alicyclic amines) is 1. The van der Waals surface area contributed by atoms with Crippen molar-refractivity contribution in [2.45, 2.75) is 38.8 Å². The van der Waals surface area contributed by atoms with Crippen LogP contribution in [0.3, 0.4) is 0 Å². The van der Waals surface area contributed by atoms with Crippen molar-refractivity contribution in [3.05, 3.63) is 0 Å². The first-order chi connectivity index (χ1) is 10.2. The number of carbonyl (C=O) groups excluding carboxylic acids is 2. The molecule has 1 aliphatic rings. The number of nitrogens with one attached hydrogen (secondary N) is 2. The molecule has 0 aliphatic carbocycles. The molecule has 0 aromatic heterocycles. The Hall–Kier alpha value is -1.19. The monoisotopic (exact) mass is 334 g/mol. The summed E-state index contributed by atoms with van der Waals surface area (Å²) in [7, 11) is -1.61. The van der Waals surface area contributed by atoms with Gasteiger partial charge < -0.3 is 5.32 Å². The number of urea groups is 1. The third-order valence-electron chi connectivity index (χ3n) is 4.04. The zero-order valence-electron chi connectivity index (χ0n) is 13.6. The van der Waals surface area contributed by atoms with Gasteiger partial charge >= 0.3 is 6.03 Å². The zero-order valence-corrected chi connectivity index (χ0v) is 14.4. The Morgan fingerprint density at radius 3 is 2.32 bits per heavy atom. The fourth-order valence-corrected chi connectivity index (χ4v) is 3.25. The van der Waals surface area contributed by atoms with Crippen LogP contribution >= 0.6 is 0 Å². The molecule has 1 saturated heterocycles. The molecule has 2 N–H and O–H groups in total. The molecule has 0 aromatic rings. The molecule has 1 rings (SSSR count). The standard InChI is InChI=1S/C13H26N4O4S/c1-5-14-13(19)15-12(18)10(2)17-8-6-11(7-9-17)16(3)22(4,20)21/h10-11H,5-9H2,1-4H3,(H2,14,15,18,19). The fraction of sp³-hybridized carbons (Fsp3) is 0.846. The summed E-state index contributed by atoms with van der Waals surface area (Å²) < 4.78 is 24.5. The summed E-state index contributed by atoms with van der Waals surface area (Å²) in [4.78, 5) is 25.3. The van der Waals surface area contributed by atoms with Crippen LogP contribution < -0.4 is 10.6 Å². The maximum Gasteiger partial charge on any atom is 0.321 e. The summed E-state index contributed by atoms with van der Waals surface area (Å²) in [5, 5.41) is 4.81. The Morgan fingerprint density at radius 1 is 1.32 bits per heavy atom. The SMILES string of the molecule is CCNC(=O)NC(=O)C(C)N1CCC(N(C)S(C)(=O)=O)CC1. The lowest BCUT2D eigenvalue weighted by Crippen LogP contribution is -2.53. The van der Waals surface area contributed by atoms with E-state index in [2.05, 4.69) is 10.6 Å². The van der Waals surface area contributed by atoms with Gasteiger partial charge in [0.15, 0.2) is 0 Å². The highest BCUT2D eigenvalue weighted by Crippen LogP contribution is 2.19. The maximum atomic E-state index is 12.0. The van der Waals surface area contributed by atoms with Crippen LogP contribution in [0.1, 0.15) is 26.7 Å². The lowest BCUT2D eigenvalue weighted by atomic mass is 10.0. The van der Waals surface area contributed by atoms with Crippen molar-refractivity contribution in [1.29, 1.82) is 0 Å². The molecule has 0 aromatic carbocycles. The molecule has 0 spiro atoms. The first-order valence-corrected chi connectivity index (χ1v) is 9.27. The van der Waals surface area contributed by atoms with Gasteiger partial charge in [-0.25, -0.2) is 17.5 Å². The van der Waals surface area contributed by atoms with Gasteiger partial charge in [-0.1, -0.05) is 0 Å². The van der Waals surface area contributed by atoms with Crippen LogP contribution in [0.5, 0.6) is 0 Å². The van der Waals surface area contributed by atoms with Crippen molar-refractivity contribution >= 4 is 22.0 Å². The predicted molar refractivity (Wildman–Crippen MR) is 83.9 cm³/mol. The highest BCUT2D eigenvalue weighted by molar-refractivity contribution is 7.88. The summed E-state index contributed by atoms with van der Waals surface area (Å²) in [6.07, 6.45) is 2.53. The Balaban J connectivity index is 2.50. The van der Waals surface area contributed by atoms with Gasteiger partial charge in [0.25, 0.3) is 0 Å². The normalized spacial score (nSPS) is 19.0. The predicted octanol–water partition coefficient (Wildman–Crippen LogP) is -0.424. The van der Waals surface area contributed by atoms with Gasteiger partial charge in [-0.15, -0.1) is 0 Å². The van der Waals surface area contributed by atoms with Crippen molar-refractivity contribution < 1.29 is 18.0 Å². The van der Waals surface area contributed by atoms with Gasteiger partial charge in [0.05, 0.1) is 12.3 Å². The topological polar surface area (TPSA) is 98.8 Å². The molecule has 0 radical (unpaired) electrons. The number of nitrogens with zero attached hydrogens (tertiary/aromatic N) is 2. The number of carbonyl (C=O) groups is 2. The van der Waals surface area contributed by atoms with E-state index in [-0.39, 0.29) is 11.9 Å². The van der Waals surface area contributed by atoms with E-state index in [1.165, 1.54) is 10.6 Å². The largest absolute Gasteiger partial charge is 0.338 e. The Labute approximate surface area is 132 Å². The summed E-state index contributed by atoms with van der Waals surface area (Å²) in [6, 6.07) is -0.956. The number of sulfonamides is 1. The van der Waals surface area contributed by atoms with Gasteiger partial charge in [0, 0.05) is 32.7 Å². The summed E-state index contributed by atoms with van der Waals surface area (Å²) in [5.74, 6) is -0.346. The van der Waals surface area contributed by atoms with E-state index in [1.54, 1.807) is 20.9 Å². The minimum absolute atomic E-state index is 0.0371. The van der Waals surface area contributed by atoms with Crippen molar-refractivity contribution in [1.82, 2.24) is 19.8 Å². The summed E-state index contributed by atoms with van der Waals surface area (Å²) in [5.41, 5.74) is 0. The fourth-order valence-electron chi connectivity index (χ4n) is 2.49. The number of amides is 3. The van der Waals surface area contributed by atoms with Gasteiger partial charge in [0.1, 0.15) is 0 Å². The molecule has 1 aliphatic heterocycles. The van der Waals surface area contributed by atoms with E-state index in [4.69, 9.17) is 0 Å². The molecule has 22 heavy (non-hydrogen) atoms. The van der Waals surface area contributed by atoms with E-state index in [0.717, 1.165) is 0 Å². The van der Waals surface area contributed by atoms with E-state index in [1.807, 2.05) is 4.90 Å². The summed E-state index contributed by atoms with van der Waals surface area (Å²) >= 11 is 0. The number of piperidine rings is 1. The van der Waals surface area contributed by atoms with Crippen LogP contribution in [0.2, 0.25) is 0 Å². The highest BCUT2D eigenvalue weighted by atomic mass is 32.2. The second-order valence-electron chi connectivity index (χ2n) is 5.57. The van der Waals surface area contributed by atoms with Crippen LogP contribution in [-0.4, -0.2) is 74.6 Å². The van der Waals surface area contributed by atoms with Crippen LogP contribution in [0, 0.1) is 0 Å². The molecule has 0 bridgehead atoms. The first kappa shape index (κ1) is 18.9. The lowest BCUT2D eigenvalue weighted by Gasteiger charge is -2.37. The quantitative estimate of drug-likeness (QED) is 0.711. The Kier molecular flexibility index (Phi) is 6.76. The van der Waals surface area contributed by atoms with Crippen LogP contribution in [0.15, 0.2) is 0 Å². The first-order valence-electron chi connectivity index (χ1n) is 7.42. The molecule has 1 unspecified atom stereocenters. The molecule has 3 amide bonds. The molecule has 8 nitrogen and oxygen atoms in total. The molecule has 1 atom stereocenters. The summed E-state index contributed by atoms with van der Waals surface area (Å²) in [6.45, 7) is 5.21. The molecule has 128 valence electrons. The van der Waals surface area contributed by atoms with Crippen molar-refractivity contribution in [3.63, 3.8) is 0 Å². The second-order valence-corrected chi connectivity index (χ2v) is 7.61. The number of hydrogen-bond donors (Lipinski definition) is 2. The molecular weight excluding hydrogens is 308 g/mol. The van der Waals surface area contributed by atoms with E-state index in [0.29, 0.717) is 32.5 Å². The lowest BCUT2D eigenvalue weighted by molar-refractivity contribution is -0.125. The molecule has 1 fully saturated rings. The number of imide groups is 1. The maximum absolute atomic E-state index is 12.0. The third kappa shape index (κ3) is 5.22. The van der Waals surface area contributed by atoms with Gasteiger partial charge in [-0.05, 0) is 26.7 Å². The van der Waals surface area contributed by atoms with E-state index >= 15 is 0 Å². The second kappa shape index (κ2) is 7.89. The van der Waals surface area contributed by atoms with Crippen molar-refractivity contribution in [3.8, 4) is 0 Å². The van der Waals surface area contributed by atoms with E-state index < -0.39 is 22.1 Å².